The van der Waals surface area contributed by atoms with E-state index in [-0.39, 0.29) is 35.7 Å². The molecule has 1 fully saturated rings. The summed E-state index contributed by atoms with van der Waals surface area (Å²) in [5.41, 5.74) is 1.17. The van der Waals surface area contributed by atoms with Gasteiger partial charge in [-0.1, -0.05) is 30.3 Å². The van der Waals surface area contributed by atoms with Crippen molar-refractivity contribution in [2.75, 3.05) is 13.6 Å². The predicted octanol–water partition coefficient (Wildman–Crippen LogP) is 2.67. The van der Waals surface area contributed by atoms with E-state index < -0.39 is 6.43 Å². The zero-order chi connectivity index (χ0) is 18.0. The highest BCUT2D eigenvalue weighted by Crippen LogP contribution is 2.36. The third-order valence-corrected chi connectivity index (χ3v) is 4.73. The average Bonchev–Trinajstić information content (AvgIpc) is 3.16. The number of aromatic nitrogens is 2. The predicted molar refractivity (Wildman–Crippen MR) is 89.9 cm³/mol. The molecule has 2 aromatic rings. The zero-order valence-electron chi connectivity index (χ0n) is 14.3. The summed E-state index contributed by atoms with van der Waals surface area (Å²) in [5.74, 6) is -0.324. The van der Waals surface area contributed by atoms with Crippen LogP contribution in [0.3, 0.4) is 0 Å². The number of alkyl halides is 2. The molecule has 25 heavy (non-hydrogen) atoms. The Hall–Kier alpha value is -2.28. The fourth-order valence-electron chi connectivity index (χ4n) is 3.53. The summed E-state index contributed by atoms with van der Waals surface area (Å²) < 4.78 is 27.4. The summed E-state index contributed by atoms with van der Waals surface area (Å²) in [7, 11) is 3.59. The number of likely N-dealkylation sites (tertiary alicyclic amines) is 1. The van der Waals surface area contributed by atoms with E-state index in [2.05, 4.69) is 15.3 Å². The molecule has 0 saturated carbocycles. The first kappa shape index (κ1) is 17.5. The Morgan fingerprint density at radius 2 is 2.04 bits per heavy atom. The van der Waals surface area contributed by atoms with Crippen LogP contribution in [0.15, 0.2) is 36.5 Å². The molecular weight excluding hydrogens is 326 g/mol. The molecule has 1 aliphatic rings. The maximum absolute atomic E-state index is 13.0. The molecule has 1 aromatic heterocycles. The van der Waals surface area contributed by atoms with Gasteiger partial charge in [0.1, 0.15) is 0 Å². The summed E-state index contributed by atoms with van der Waals surface area (Å²) in [6.45, 7) is 0.838. The molecule has 134 valence electrons. The molecule has 2 atom stereocenters. The van der Waals surface area contributed by atoms with Gasteiger partial charge in [0, 0.05) is 19.3 Å². The molecule has 2 heterocycles. The van der Waals surface area contributed by atoms with Crippen LogP contribution in [0.4, 0.5) is 8.78 Å². The summed E-state index contributed by atoms with van der Waals surface area (Å²) in [4.78, 5) is 14.8. The number of hydrogen-bond acceptors (Lipinski definition) is 3. The minimum absolute atomic E-state index is 0.000461. The van der Waals surface area contributed by atoms with E-state index in [4.69, 9.17) is 0 Å². The van der Waals surface area contributed by atoms with Crippen LogP contribution in [0.5, 0.6) is 0 Å². The summed E-state index contributed by atoms with van der Waals surface area (Å²) >= 11 is 0. The molecule has 1 aliphatic heterocycles. The highest BCUT2D eigenvalue weighted by Gasteiger charge is 2.37. The van der Waals surface area contributed by atoms with E-state index in [9.17, 15) is 13.6 Å². The Labute approximate surface area is 145 Å². The van der Waals surface area contributed by atoms with Crippen molar-refractivity contribution >= 4 is 5.91 Å². The second-order valence-electron chi connectivity index (χ2n) is 6.45. The van der Waals surface area contributed by atoms with E-state index in [1.165, 1.54) is 10.9 Å². The SMILES string of the molecule is CN1CC[C@H](C(=O)NCc2nn(C)cc2C(F)F)[C@@H]1c1ccccc1. The van der Waals surface area contributed by atoms with Crippen molar-refractivity contribution in [3.05, 3.63) is 53.3 Å². The van der Waals surface area contributed by atoms with Gasteiger partial charge in [-0.25, -0.2) is 8.78 Å². The molecule has 7 heteroatoms. The molecule has 5 nitrogen and oxygen atoms in total. The lowest BCUT2D eigenvalue weighted by molar-refractivity contribution is -0.126. The Morgan fingerprint density at radius 1 is 1.32 bits per heavy atom. The van der Waals surface area contributed by atoms with Gasteiger partial charge in [0.25, 0.3) is 6.43 Å². The van der Waals surface area contributed by atoms with Crippen molar-refractivity contribution in [1.82, 2.24) is 20.0 Å². The topological polar surface area (TPSA) is 50.2 Å². The number of carbonyl (C=O) groups is 1. The van der Waals surface area contributed by atoms with Crippen LogP contribution in [0.1, 0.15) is 35.7 Å². The van der Waals surface area contributed by atoms with Crippen molar-refractivity contribution in [3.8, 4) is 0 Å². The van der Waals surface area contributed by atoms with E-state index >= 15 is 0 Å². The van der Waals surface area contributed by atoms with Gasteiger partial charge in [0.05, 0.1) is 23.7 Å². The number of rotatable bonds is 5. The number of carbonyl (C=O) groups excluding carboxylic acids is 1. The van der Waals surface area contributed by atoms with Gasteiger partial charge in [-0.3, -0.25) is 14.4 Å². The third-order valence-electron chi connectivity index (χ3n) is 4.73. The lowest BCUT2D eigenvalue weighted by atomic mass is 9.93. The van der Waals surface area contributed by atoms with Crippen molar-refractivity contribution in [1.29, 1.82) is 0 Å². The van der Waals surface area contributed by atoms with E-state index in [1.54, 1.807) is 7.05 Å². The first-order chi connectivity index (χ1) is 12.0. The standard InChI is InChI=1S/C18H22F2N4O/c1-23-9-8-13(16(23)12-6-4-3-5-7-12)18(25)21-10-15-14(17(19)20)11-24(2)22-15/h3-7,11,13,16-17H,8-10H2,1-2H3,(H,21,25)/t13-,16-/m0/s1. The monoisotopic (exact) mass is 348 g/mol. The molecule has 1 aromatic carbocycles. The second-order valence-corrected chi connectivity index (χ2v) is 6.45. The number of nitrogens with one attached hydrogen (secondary N) is 1. The second kappa shape index (κ2) is 7.31. The largest absolute Gasteiger partial charge is 0.350 e. The minimum Gasteiger partial charge on any atom is -0.350 e. The first-order valence-electron chi connectivity index (χ1n) is 8.31. The summed E-state index contributed by atoms with van der Waals surface area (Å²) in [6, 6.07) is 9.89. The van der Waals surface area contributed by atoms with Gasteiger partial charge in [-0.2, -0.15) is 5.10 Å². The number of hydrogen-bond donors (Lipinski definition) is 1. The zero-order valence-corrected chi connectivity index (χ0v) is 14.3. The molecule has 0 aliphatic carbocycles. The van der Waals surface area contributed by atoms with Crippen LogP contribution >= 0.6 is 0 Å². The van der Waals surface area contributed by atoms with Crippen molar-refractivity contribution in [2.24, 2.45) is 13.0 Å². The third kappa shape index (κ3) is 3.71. The number of nitrogens with zero attached hydrogens (tertiary/aromatic N) is 3. The van der Waals surface area contributed by atoms with Crippen molar-refractivity contribution in [2.45, 2.75) is 25.4 Å². The molecular formula is C18H22F2N4O. The van der Waals surface area contributed by atoms with Gasteiger partial charge in [-0.05, 0) is 25.6 Å². The summed E-state index contributed by atoms with van der Waals surface area (Å²) in [5, 5.41) is 6.83. The fraction of sp³-hybridized carbons (Fsp3) is 0.444. The molecule has 1 saturated heterocycles. The van der Waals surface area contributed by atoms with Crippen molar-refractivity contribution in [3.63, 3.8) is 0 Å². The Kier molecular flexibility index (Phi) is 5.13. The van der Waals surface area contributed by atoms with Gasteiger partial charge in [0.2, 0.25) is 5.91 Å². The minimum atomic E-state index is -2.60. The summed E-state index contributed by atoms with van der Waals surface area (Å²) in [6.07, 6.45) is -0.566. The molecule has 0 unspecified atom stereocenters. The first-order valence-corrected chi connectivity index (χ1v) is 8.31. The van der Waals surface area contributed by atoms with Crippen molar-refractivity contribution < 1.29 is 13.6 Å². The van der Waals surface area contributed by atoms with Crippen LogP contribution < -0.4 is 5.32 Å². The van der Waals surface area contributed by atoms with E-state index in [0.29, 0.717) is 0 Å². The highest BCUT2D eigenvalue weighted by molar-refractivity contribution is 5.80. The maximum Gasteiger partial charge on any atom is 0.267 e. The van der Waals surface area contributed by atoms with E-state index in [0.717, 1.165) is 18.5 Å². The van der Waals surface area contributed by atoms with Gasteiger partial charge in [-0.15, -0.1) is 0 Å². The molecule has 0 bridgehead atoms. The van der Waals surface area contributed by atoms with Gasteiger partial charge >= 0.3 is 0 Å². The molecule has 1 amide bonds. The smallest absolute Gasteiger partial charge is 0.267 e. The van der Waals surface area contributed by atoms with Gasteiger partial charge in [0.15, 0.2) is 0 Å². The van der Waals surface area contributed by atoms with Crippen LogP contribution in [0.25, 0.3) is 0 Å². The number of halogens is 2. The number of amides is 1. The Bertz CT molecular complexity index is 732. The van der Waals surface area contributed by atoms with Crippen LogP contribution in [0, 0.1) is 5.92 Å². The quantitative estimate of drug-likeness (QED) is 0.904. The van der Waals surface area contributed by atoms with Crippen LogP contribution in [-0.2, 0) is 18.4 Å². The lowest BCUT2D eigenvalue weighted by Crippen LogP contribution is -2.34. The lowest BCUT2D eigenvalue weighted by Gasteiger charge is -2.25. The highest BCUT2D eigenvalue weighted by atomic mass is 19.3. The Balaban J connectivity index is 1.71. The Morgan fingerprint density at radius 3 is 2.72 bits per heavy atom. The molecule has 0 radical (unpaired) electrons. The average molecular weight is 348 g/mol. The molecule has 3 rings (SSSR count). The van der Waals surface area contributed by atoms with E-state index in [1.807, 2.05) is 37.4 Å². The van der Waals surface area contributed by atoms with Gasteiger partial charge < -0.3 is 5.32 Å². The molecule has 0 spiro atoms. The molecule has 1 N–H and O–H groups in total. The number of aryl methyl sites for hydroxylation is 1. The fourth-order valence-corrected chi connectivity index (χ4v) is 3.53. The van der Waals surface area contributed by atoms with Crippen LogP contribution in [-0.4, -0.2) is 34.2 Å². The number of benzene rings is 1. The maximum atomic E-state index is 13.0. The van der Waals surface area contributed by atoms with Crippen LogP contribution in [0.2, 0.25) is 0 Å². The normalized spacial score (nSPS) is 21.0.